The van der Waals surface area contributed by atoms with Gasteiger partial charge in [0.1, 0.15) is 24.1 Å². The molecule has 2 rings (SSSR count). The monoisotopic (exact) mass is 345 g/mol. The van der Waals surface area contributed by atoms with Crippen molar-refractivity contribution in [1.82, 2.24) is 9.55 Å². The Labute approximate surface area is 146 Å². The number of anilines is 1. The zero-order valence-electron chi connectivity index (χ0n) is 11.5. The predicted octanol–water partition coefficient (Wildman–Crippen LogP) is -6.07. The van der Waals surface area contributed by atoms with Gasteiger partial charge in [0.15, 0.2) is 6.23 Å². The minimum atomic E-state index is -4.99. The summed E-state index contributed by atoms with van der Waals surface area (Å²) in [6.45, 7) is -0.719. The van der Waals surface area contributed by atoms with Crippen LogP contribution in [0, 0.1) is 0 Å². The summed E-state index contributed by atoms with van der Waals surface area (Å²) in [4.78, 5) is 34.1. The van der Waals surface area contributed by atoms with Crippen LogP contribution in [0.15, 0.2) is 17.1 Å². The number of aliphatic hydroxyl groups is 2. The van der Waals surface area contributed by atoms with Crippen LogP contribution in [0.5, 0.6) is 0 Å². The number of aromatic nitrogens is 2. The van der Waals surface area contributed by atoms with E-state index in [0.29, 0.717) is 0 Å². The summed E-state index contributed by atoms with van der Waals surface area (Å²) in [5, 5.41) is 19.6. The summed E-state index contributed by atoms with van der Waals surface area (Å²) in [6, 6.07) is 1.28. The minimum Gasteiger partial charge on any atom is -0.756 e. The van der Waals surface area contributed by atoms with Gasteiger partial charge in [-0.05, 0) is 6.07 Å². The van der Waals surface area contributed by atoms with Gasteiger partial charge in [0.25, 0.3) is 7.82 Å². The van der Waals surface area contributed by atoms with Gasteiger partial charge in [0.05, 0.1) is 6.61 Å². The molecular weight excluding hydrogens is 332 g/mol. The normalized spacial score (nSPS) is 30.5. The van der Waals surface area contributed by atoms with Crippen molar-refractivity contribution in [3.8, 4) is 0 Å². The first kappa shape index (κ1) is 19.7. The van der Waals surface area contributed by atoms with Gasteiger partial charge in [0, 0.05) is 6.20 Å². The third-order valence-corrected chi connectivity index (χ3v) is 3.34. The molecule has 0 radical (unpaired) electrons. The van der Waals surface area contributed by atoms with Crippen molar-refractivity contribution >= 4 is 13.6 Å². The summed E-state index contributed by atoms with van der Waals surface area (Å²) >= 11 is 0. The van der Waals surface area contributed by atoms with Crippen LogP contribution in [0.2, 0.25) is 0 Å². The van der Waals surface area contributed by atoms with Crippen LogP contribution in [-0.2, 0) is 13.8 Å². The van der Waals surface area contributed by atoms with E-state index in [-0.39, 0.29) is 35.4 Å². The molecule has 5 atom stereocenters. The molecule has 1 aromatic heterocycles. The molecule has 1 saturated heterocycles. The molecule has 1 unspecified atom stereocenters. The van der Waals surface area contributed by atoms with Gasteiger partial charge in [-0.2, -0.15) is 4.98 Å². The van der Waals surface area contributed by atoms with Gasteiger partial charge in [-0.1, -0.05) is 0 Å². The minimum absolute atomic E-state index is 0. The third kappa shape index (κ3) is 4.59. The number of phosphoric acid groups is 1. The van der Waals surface area contributed by atoms with E-state index < -0.39 is 44.7 Å². The van der Waals surface area contributed by atoms with E-state index in [1.54, 1.807) is 0 Å². The first-order chi connectivity index (χ1) is 9.69. The summed E-state index contributed by atoms with van der Waals surface area (Å²) in [5.74, 6) is -0.0308. The Morgan fingerprint density at radius 1 is 1.50 bits per heavy atom. The summed E-state index contributed by atoms with van der Waals surface area (Å²) < 4.78 is 20.7. The van der Waals surface area contributed by atoms with Gasteiger partial charge in [0.2, 0.25) is 0 Å². The Morgan fingerprint density at radius 3 is 2.68 bits per heavy atom. The van der Waals surface area contributed by atoms with E-state index in [0.717, 1.165) is 4.57 Å². The molecule has 2 heterocycles. The summed E-state index contributed by atoms with van der Waals surface area (Å²) in [5.41, 5.74) is 4.50. The average Bonchev–Trinajstić information content (AvgIpc) is 2.64. The molecule has 0 amide bonds. The molecule has 0 bridgehead atoms. The molecule has 0 saturated carbocycles. The maximum Gasteiger partial charge on any atom is 1.00 e. The van der Waals surface area contributed by atoms with E-state index >= 15 is 0 Å². The Hall–Kier alpha value is -0.330. The van der Waals surface area contributed by atoms with Crippen LogP contribution in [0.1, 0.15) is 6.23 Å². The van der Waals surface area contributed by atoms with Crippen LogP contribution >= 0.6 is 7.82 Å². The zero-order chi connectivity index (χ0) is 15.8. The second-order valence-corrected chi connectivity index (χ2v) is 5.55. The van der Waals surface area contributed by atoms with Gasteiger partial charge in [-0.15, -0.1) is 0 Å². The number of nitrogen functional groups attached to an aromatic ring is 1. The number of nitrogens with two attached hydrogens (primary N) is 1. The van der Waals surface area contributed by atoms with Crippen LogP contribution in [0.25, 0.3) is 0 Å². The second-order valence-electron chi connectivity index (χ2n) is 4.35. The van der Waals surface area contributed by atoms with Crippen LogP contribution in [-0.4, -0.2) is 49.6 Å². The fraction of sp³-hybridized carbons (Fsp3) is 0.556. The first-order valence-corrected chi connectivity index (χ1v) is 7.23. The van der Waals surface area contributed by atoms with E-state index in [1.165, 1.54) is 12.3 Å². The second kappa shape index (κ2) is 7.49. The summed E-state index contributed by atoms with van der Waals surface area (Å²) in [7, 11) is -4.99. The molecule has 1 fully saturated rings. The van der Waals surface area contributed by atoms with Crippen molar-refractivity contribution in [3.05, 3.63) is 22.7 Å². The Balaban J connectivity index is 0.00000242. The molecule has 1 aliphatic heterocycles. The number of rotatable bonds is 4. The van der Waals surface area contributed by atoms with E-state index in [9.17, 15) is 24.5 Å². The number of hydrogen-bond acceptors (Lipinski definition) is 9. The Morgan fingerprint density at radius 2 is 2.14 bits per heavy atom. The molecule has 1 aliphatic rings. The first-order valence-electron chi connectivity index (χ1n) is 5.73. The van der Waals surface area contributed by atoms with E-state index in [2.05, 4.69) is 9.51 Å². The largest absolute Gasteiger partial charge is 1.00 e. The SMILES string of the molecule is Nc1ccn([C@@H]2O[C@H](COP(=O)([O-])O)[C@@H](O)[C@H]2O)c(=O)n1.[Na+]. The maximum absolute atomic E-state index is 11.6. The third-order valence-electron chi connectivity index (χ3n) is 2.86. The van der Waals surface area contributed by atoms with Gasteiger partial charge in [-0.25, -0.2) is 4.79 Å². The van der Waals surface area contributed by atoms with Crippen molar-refractivity contribution in [2.45, 2.75) is 24.5 Å². The number of phosphoric ester groups is 1. The summed E-state index contributed by atoms with van der Waals surface area (Å²) in [6.07, 6.45) is -4.39. The number of aliphatic hydroxyl groups excluding tert-OH is 2. The number of hydrogen-bond donors (Lipinski definition) is 4. The van der Waals surface area contributed by atoms with E-state index in [1.807, 2.05) is 0 Å². The molecule has 0 aromatic carbocycles. The fourth-order valence-electron chi connectivity index (χ4n) is 1.88. The van der Waals surface area contributed by atoms with Crippen molar-refractivity contribution in [2.75, 3.05) is 12.3 Å². The Bertz CT molecular complexity index is 621. The molecule has 11 nitrogen and oxygen atoms in total. The standard InChI is InChI=1S/C9H14N3O8P.Na/c10-5-1-2-12(9(15)11-5)8-7(14)6(13)4(20-8)3-19-21(16,17)18;/h1-2,4,6-8,13-14H,3H2,(H2,10,11,15)(H2,16,17,18);/q;+1/p-1/t4-,6-,7-,8-;/m1./s1. The van der Waals surface area contributed by atoms with Crippen molar-refractivity contribution in [3.63, 3.8) is 0 Å². The zero-order valence-corrected chi connectivity index (χ0v) is 14.4. The molecule has 1 aromatic rings. The van der Waals surface area contributed by atoms with Crippen molar-refractivity contribution in [2.24, 2.45) is 0 Å². The van der Waals surface area contributed by atoms with Crippen LogP contribution in [0.3, 0.4) is 0 Å². The molecule has 13 heteroatoms. The molecular formula is C9H13N3NaO8P. The van der Waals surface area contributed by atoms with Crippen LogP contribution in [0.4, 0.5) is 5.82 Å². The molecule has 5 N–H and O–H groups in total. The van der Waals surface area contributed by atoms with Crippen LogP contribution < -0.4 is 45.9 Å². The fourth-order valence-corrected chi connectivity index (χ4v) is 2.22. The quantitative estimate of drug-likeness (QED) is 0.303. The predicted molar refractivity (Wildman–Crippen MR) is 64.6 cm³/mol. The Kier molecular flexibility index (Phi) is 6.72. The van der Waals surface area contributed by atoms with Gasteiger partial charge in [-0.3, -0.25) is 9.13 Å². The van der Waals surface area contributed by atoms with Crippen molar-refractivity contribution < 1.29 is 63.4 Å². The molecule has 22 heavy (non-hydrogen) atoms. The topological polar surface area (TPSA) is 180 Å². The molecule has 0 aliphatic carbocycles. The maximum atomic E-state index is 11.6. The van der Waals surface area contributed by atoms with E-state index in [4.69, 9.17) is 15.4 Å². The average molecular weight is 345 g/mol. The van der Waals surface area contributed by atoms with Gasteiger partial charge >= 0.3 is 35.2 Å². The molecule has 0 spiro atoms. The van der Waals surface area contributed by atoms with Gasteiger partial charge < -0.3 is 35.0 Å². The van der Waals surface area contributed by atoms with Crippen molar-refractivity contribution in [1.29, 1.82) is 0 Å². The number of ether oxygens (including phenoxy) is 1. The molecule has 118 valence electrons. The smallest absolute Gasteiger partial charge is 0.756 e. The number of nitrogens with zero attached hydrogens (tertiary/aromatic N) is 2.